The molecular formula is C14H23N3O2S. The lowest BCUT2D eigenvalue weighted by Crippen LogP contribution is -2.43. The van der Waals surface area contributed by atoms with Crippen molar-refractivity contribution in [3.63, 3.8) is 0 Å². The number of nitrogens with two attached hydrogens (primary N) is 1. The van der Waals surface area contributed by atoms with E-state index in [0.717, 1.165) is 18.4 Å². The maximum atomic E-state index is 12.4. The lowest BCUT2D eigenvalue weighted by Gasteiger charge is -2.36. The van der Waals surface area contributed by atoms with Crippen LogP contribution in [0.2, 0.25) is 0 Å². The van der Waals surface area contributed by atoms with Crippen molar-refractivity contribution in [2.75, 3.05) is 18.8 Å². The van der Waals surface area contributed by atoms with Crippen LogP contribution < -0.4 is 5.73 Å². The summed E-state index contributed by atoms with van der Waals surface area (Å²) in [5.74, 6) is -0.0564. The molecule has 0 aliphatic carbocycles. The van der Waals surface area contributed by atoms with E-state index >= 15 is 0 Å². The molecule has 2 rings (SSSR count). The average Bonchev–Trinajstić information content (AvgIpc) is 2.38. The SMILES string of the molecule is CC1(C)CCN(S(=O)(=O)CC(N)c2cccnc2)CC1. The Kier molecular flexibility index (Phi) is 4.46. The summed E-state index contributed by atoms with van der Waals surface area (Å²) in [6, 6.07) is 3.06. The van der Waals surface area contributed by atoms with Crippen LogP contribution in [-0.4, -0.2) is 36.5 Å². The van der Waals surface area contributed by atoms with Gasteiger partial charge in [0.1, 0.15) is 0 Å². The minimum Gasteiger partial charge on any atom is -0.323 e. The van der Waals surface area contributed by atoms with Crippen molar-refractivity contribution < 1.29 is 8.42 Å². The second-order valence-corrected chi connectivity index (χ2v) is 8.25. The molecule has 2 N–H and O–H groups in total. The number of hydrogen-bond donors (Lipinski definition) is 1. The maximum absolute atomic E-state index is 12.4. The maximum Gasteiger partial charge on any atom is 0.215 e. The molecule has 0 spiro atoms. The van der Waals surface area contributed by atoms with E-state index in [2.05, 4.69) is 18.8 Å². The third-order valence-corrected chi connectivity index (χ3v) is 5.90. The van der Waals surface area contributed by atoms with Crippen molar-refractivity contribution in [2.45, 2.75) is 32.7 Å². The molecule has 1 fully saturated rings. The average molecular weight is 297 g/mol. The molecule has 20 heavy (non-hydrogen) atoms. The first-order valence-electron chi connectivity index (χ1n) is 6.93. The predicted molar refractivity (Wildman–Crippen MR) is 79.5 cm³/mol. The van der Waals surface area contributed by atoms with Crippen LogP contribution in [0, 0.1) is 5.41 Å². The second-order valence-electron chi connectivity index (χ2n) is 6.23. The largest absolute Gasteiger partial charge is 0.323 e. The van der Waals surface area contributed by atoms with Crippen molar-refractivity contribution in [1.29, 1.82) is 0 Å². The van der Waals surface area contributed by atoms with Gasteiger partial charge in [-0.15, -0.1) is 0 Å². The van der Waals surface area contributed by atoms with Gasteiger partial charge in [0.2, 0.25) is 10.0 Å². The topological polar surface area (TPSA) is 76.3 Å². The number of sulfonamides is 1. The van der Waals surface area contributed by atoms with E-state index in [0.29, 0.717) is 13.1 Å². The first-order valence-corrected chi connectivity index (χ1v) is 8.54. The third kappa shape index (κ3) is 3.77. The zero-order chi connectivity index (χ0) is 14.8. The number of aromatic nitrogens is 1. The van der Waals surface area contributed by atoms with Crippen molar-refractivity contribution in [1.82, 2.24) is 9.29 Å². The molecule has 1 aliphatic heterocycles. The van der Waals surface area contributed by atoms with Crippen molar-refractivity contribution in [2.24, 2.45) is 11.1 Å². The fourth-order valence-corrected chi connectivity index (χ4v) is 3.99. The van der Waals surface area contributed by atoms with E-state index in [1.54, 1.807) is 22.8 Å². The van der Waals surface area contributed by atoms with Gasteiger partial charge in [-0.1, -0.05) is 19.9 Å². The standard InChI is InChI=1S/C14H23N3O2S/c1-14(2)5-8-17(9-6-14)20(18,19)11-13(15)12-4-3-7-16-10-12/h3-4,7,10,13H,5-6,8-9,11,15H2,1-2H3. The molecule has 0 aromatic carbocycles. The highest BCUT2D eigenvalue weighted by Crippen LogP contribution is 2.31. The lowest BCUT2D eigenvalue weighted by molar-refractivity contribution is 0.195. The van der Waals surface area contributed by atoms with Crippen LogP contribution in [0.25, 0.3) is 0 Å². The van der Waals surface area contributed by atoms with Gasteiger partial charge < -0.3 is 5.73 Å². The summed E-state index contributed by atoms with van der Waals surface area (Å²) < 4.78 is 26.4. The molecule has 2 heterocycles. The Balaban J connectivity index is 2.01. The summed E-state index contributed by atoms with van der Waals surface area (Å²) in [5, 5.41) is 0. The highest BCUT2D eigenvalue weighted by Gasteiger charge is 2.32. The minimum atomic E-state index is -3.30. The van der Waals surface area contributed by atoms with Gasteiger partial charge in [-0.2, -0.15) is 0 Å². The Morgan fingerprint density at radius 1 is 1.40 bits per heavy atom. The lowest BCUT2D eigenvalue weighted by atomic mass is 9.83. The Bertz CT molecular complexity index is 533. The normalized spacial score (nSPS) is 21.6. The number of piperidine rings is 1. The Labute approximate surface area is 121 Å². The van der Waals surface area contributed by atoms with Gasteiger partial charge in [0.05, 0.1) is 5.75 Å². The molecular weight excluding hydrogens is 274 g/mol. The van der Waals surface area contributed by atoms with Gasteiger partial charge in [-0.25, -0.2) is 12.7 Å². The van der Waals surface area contributed by atoms with Gasteiger partial charge in [0, 0.05) is 31.5 Å². The van der Waals surface area contributed by atoms with Gasteiger partial charge in [0.15, 0.2) is 0 Å². The Hall–Kier alpha value is -0.980. The number of hydrogen-bond acceptors (Lipinski definition) is 4. The highest BCUT2D eigenvalue weighted by molar-refractivity contribution is 7.89. The molecule has 1 saturated heterocycles. The van der Waals surface area contributed by atoms with E-state index in [-0.39, 0.29) is 11.2 Å². The molecule has 0 radical (unpaired) electrons. The second kappa shape index (κ2) is 5.79. The zero-order valence-corrected chi connectivity index (χ0v) is 12.9. The van der Waals surface area contributed by atoms with E-state index in [1.807, 2.05) is 6.07 Å². The summed E-state index contributed by atoms with van der Waals surface area (Å²) in [7, 11) is -3.30. The van der Waals surface area contributed by atoms with E-state index in [4.69, 9.17) is 5.73 Å². The van der Waals surface area contributed by atoms with Gasteiger partial charge in [-0.3, -0.25) is 4.98 Å². The molecule has 5 nitrogen and oxygen atoms in total. The van der Waals surface area contributed by atoms with Gasteiger partial charge in [-0.05, 0) is 29.9 Å². The van der Waals surface area contributed by atoms with Crippen LogP contribution in [0.5, 0.6) is 0 Å². The molecule has 6 heteroatoms. The zero-order valence-electron chi connectivity index (χ0n) is 12.1. The van der Waals surface area contributed by atoms with Crippen LogP contribution in [0.3, 0.4) is 0 Å². The summed E-state index contributed by atoms with van der Waals surface area (Å²) in [5.41, 5.74) is 6.99. The van der Waals surface area contributed by atoms with E-state index in [9.17, 15) is 8.42 Å². The fourth-order valence-electron chi connectivity index (χ4n) is 2.39. The number of pyridine rings is 1. The van der Waals surface area contributed by atoms with Gasteiger partial charge in [0.25, 0.3) is 0 Å². The Morgan fingerprint density at radius 3 is 2.60 bits per heavy atom. The highest BCUT2D eigenvalue weighted by atomic mass is 32.2. The van der Waals surface area contributed by atoms with Crippen LogP contribution >= 0.6 is 0 Å². The smallest absolute Gasteiger partial charge is 0.215 e. The first kappa shape index (κ1) is 15.4. The minimum absolute atomic E-state index is 0.0564. The monoisotopic (exact) mass is 297 g/mol. The summed E-state index contributed by atoms with van der Waals surface area (Å²) in [6.45, 7) is 5.54. The predicted octanol–water partition coefficient (Wildman–Crippen LogP) is 1.53. The molecule has 112 valence electrons. The van der Waals surface area contributed by atoms with E-state index < -0.39 is 16.1 Å². The first-order chi connectivity index (χ1) is 9.30. The molecule has 1 unspecified atom stereocenters. The van der Waals surface area contributed by atoms with Crippen molar-refractivity contribution in [3.8, 4) is 0 Å². The van der Waals surface area contributed by atoms with E-state index in [1.165, 1.54) is 0 Å². The fraction of sp³-hybridized carbons (Fsp3) is 0.643. The van der Waals surface area contributed by atoms with Crippen LogP contribution in [-0.2, 0) is 10.0 Å². The molecule has 1 atom stereocenters. The van der Waals surface area contributed by atoms with Crippen molar-refractivity contribution >= 4 is 10.0 Å². The molecule has 0 amide bonds. The summed E-state index contributed by atoms with van der Waals surface area (Å²) in [6.07, 6.45) is 5.07. The number of rotatable bonds is 4. The Morgan fingerprint density at radius 2 is 2.05 bits per heavy atom. The summed E-state index contributed by atoms with van der Waals surface area (Å²) >= 11 is 0. The molecule has 0 saturated carbocycles. The quantitative estimate of drug-likeness (QED) is 0.914. The molecule has 1 aliphatic rings. The summed E-state index contributed by atoms with van der Waals surface area (Å²) in [4.78, 5) is 3.98. The number of nitrogens with zero attached hydrogens (tertiary/aromatic N) is 2. The van der Waals surface area contributed by atoms with Gasteiger partial charge >= 0.3 is 0 Å². The van der Waals surface area contributed by atoms with Crippen LogP contribution in [0.1, 0.15) is 38.3 Å². The van der Waals surface area contributed by atoms with Crippen molar-refractivity contribution in [3.05, 3.63) is 30.1 Å². The third-order valence-electron chi connectivity index (χ3n) is 3.97. The van der Waals surface area contributed by atoms with Crippen LogP contribution in [0.15, 0.2) is 24.5 Å². The molecule has 1 aromatic heterocycles. The van der Waals surface area contributed by atoms with Crippen LogP contribution in [0.4, 0.5) is 0 Å². The molecule has 0 bridgehead atoms. The molecule has 1 aromatic rings.